The highest BCUT2D eigenvalue weighted by molar-refractivity contribution is 8.18. The molecule has 0 amide bonds. The summed E-state index contributed by atoms with van der Waals surface area (Å²) < 4.78 is 0.300. The molecule has 6 heteroatoms. The van der Waals surface area contributed by atoms with Crippen molar-refractivity contribution >= 4 is 35.5 Å². The maximum Gasteiger partial charge on any atom is 0.309 e. The molecule has 1 aliphatic heterocycles. The lowest BCUT2D eigenvalue weighted by Crippen LogP contribution is -2.55. The first-order chi connectivity index (χ1) is 11.4. The highest BCUT2D eigenvalue weighted by Gasteiger charge is 2.62. The maximum absolute atomic E-state index is 11.8. The van der Waals surface area contributed by atoms with Gasteiger partial charge in [-0.3, -0.25) is 9.59 Å². The van der Waals surface area contributed by atoms with E-state index in [4.69, 9.17) is 0 Å². The Bertz CT molecular complexity index is 457. The first-order valence-electron chi connectivity index (χ1n) is 9.17. The molecule has 3 saturated carbocycles. The monoisotopic (exact) mass is 372 g/mol. The van der Waals surface area contributed by atoms with E-state index in [0.29, 0.717) is 29.8 Å². The van der Waals surface area contributed by atoms with Crippen LogP contribution in [0.5, 0.6) is 0 Å². The summed E-state index contributed by atoms with van der Waals surface area (Å²) in [4.78, 5) is 23.6. The van der Waals surface area contributed by atoms with Gasteiger partial charge in [0, 0.05) is 0 Å². The van der Waals surface area contributed by atoms with Crippen molar-refractivity contribution in [2.24, 2.45) is 10.8 Å². The summed E-state index contributed by atoms with van der Waals surface area (Å²) in [5, 5.41) is 19.4. The average molecular weight is 373 g/mol. The van der Waals surface area contributed by atoms with E-state index >= 15 is 0 Å². The molecule has 4 fully saturated rings. The molecule has 0 aromatic rings. The van der Waals surface area contributed by atoms with E-state index in [1.807, 2.05) is 0 Å². The number of rotatable bonds is 2. The third-order valence-corrected chi connectivity index (χ3v) is 9.77. The molecule has 2 N–H and O–H groups in total. The fourth-order valence-electron chi connectivity index (χ4n) is 4.86. The molecule has 1 spiro atoms. The maximum atomic E-state index is 11.8. The van der Waals surface area contributed by atoms with Gasteiger partial charge in [-0.2, -0.15) is 0 Å². The van der Waals surface area contributed by atoms with Crippen molar-refractivity contribution in [1.29, 1.82) is 0 Å². The van der Waals surface area contributed by atoms with Crippen LogP contribution in [-0.2, 0) is 9.59 Å². The van der Waals surface area contributed by atoms with Gasteiger partial charge in [0.25, 0.3) is 0 Å². The van der Waals surface area contributed by atoms with E-state index in [9.17, 15) is 19.8 Å². The molecule has 0 radical (unpaired) electrons. The number of hydrogen-bond donors (Lipinski definition) is 2. The smallest absolute Gasteiger partial charge is 0.309 e. The van der Waals surface area contributed by atoms with Crippen LogP contribution in [0.3, 0.4) is 0 Å². The molecule has 0 atom stereocenters. The van der Waals surface area contributed by atoms with E-state index in [2.05, 4.69) is 23.5 Å². The van der Waals surface area contributed by atoms with Crippen molar-refractivity contribution < 1.29 is 19.8 Å². The van der Waals surface area contributed by atoms with Gasteiger partial charge in [0.1, 0.15) is 0 Å². The molecule has 0 aromatic heterocycles. The van der Waals surface area contributed by atoms with Gasteiger partial charge in [-0.25, -0.2) is 0 Å². The van der Waals surface area contributed by atoms with Crippen LogP contribution in [0.2, 0.25) is 0 Å². The highest BCUT2D eigenvalue weighted by Crippen LogP contribution is 2.60. The second-order valence-electron chi connectivity index (χ2n) is 7.90. The van der Waals surface area contributed by atoms with Crippen molar-refractivity contribution in [1.82, 2.24) is 0 Å². The number of fused-ring (bicyclic) bond motifs is 6. The molecule has 1 heterocycles. The van der Waals surface area contributed by atoms with Crippen molar-refractivity contribution in [2.75, 3.05) is 11.5 Å². The summed E-state index contributed by atoms with van der Waals surface area (Å²) >= 11 is 4.18. The summed E-state index contributed by atoms with van der Waals surface area (Å²) in [7, 11) is 0. The standard InChI is InChI=1S/C18H28O4S2/c19-14(20)16-6-1-3-8-18(23-10-5-11-24-18)9-4-2-7-17(12-16,13-16)15(21)22/h1-13H2,(H,19,20)(H,21,22). The first kappa shape index (κ1) is 18.4. The molecule has 0 aromatic carbocycles. The van der Waals surface area contributed by atoms with E-state index in [0.717, 1.165) is 25.7 Å². The molecule has 4 aliphatic rings. The van der Waals surface area contributed by atoms with Crippen molar-refractivity contribution in [3.63, 3.8) is 0 Å². The van der Waals surface area contributed by atoms with Crippen LogP contribution in [-0.4, -0.2) is 37.7 Å². The summed E-state index contributed by atoms with van der Waals surface area (Å²) in [6.07, 6.45) is 9.51. The van der Waals surface area contributed by atoms with Gasteiger partial charge >= 0.3 is 11.9 Å². The van der Waals surface area contributed by atoms with Gasteiger partial charge in [-0.15, -0.1) is 23.5 Å². The van der Waals surface area contributed by atoms with Gasteiger partial charge in [0.2, 0.25) is 0 Å². The SMILES string of the molecule is O=C(O)C12CCCCC3(CCCCC(C(=O)O)(C1)C2)SCCCS3. The van der Waals surface area contributed by atoms with Crippen molar-refractivity contribution in [3.8, 4) is 0 Å². The molecule has 24 heavy (non-hydrogen) atoms. The Morgan fingerprint density at radius 3 is 1.50 bits per heavy atom. The molecule has 3 aliphatic carbocycles. The number of carboxylic acids is 2. The predicted molar refractivity (Wildman–Crippen MR) is 98.6 cm³/mol. The Balaban J connectivity index is 1.72. The quantitative estimate of drug-likeness (QED) is 0.736. The Hall–Kier alpha value is -0.360. The molecular formula is C18H28O4S2. The normalized spacial score (nSPS) is 36.8. The second kappa shape index (κ2) is 7.10. The van der Waals surface area contributed by atoms with Crippen LogP contribution in [0.4, 0.5) is 0 Å². The molecule has 2 bridgehead atoms. The largest absolute Gasteiger partial charge is 0.481 e. The summed E-state index contributed by atoms with van der Waals surface area (Å²) in [6, 6.07) is 0. The zero-order chi connectivity index (χ0) is 17.3. The highest BCUT2D eigenvalue weighted by atomic mass is 32.2. The Morgan fingerprint density at radius 1 is 0.667 bits per heavy atom. The Morgan fingerprint density at radius 2 is 1.08 bits per heavy atom. The number of thioether (sulfide) groups is 2. The predicted octanol–water partition coefficient (Wildman–Crippen LogP) is 4.62. The fourth-order valence-corrected chi connectivity index (χ4v) is 8.35. The van der Waals surface area contributed by atoms with Gasteiger partial charge < -0.3 is 10.2 Å². The number of carbonyl (C=O) groups is 2. The van der Waals surface area contributed by atoms with Crippen molar-refractivity contribution in [3.05, 3.63) is 0 Å². The Kier molecular flexibility index (Phi) is 5.45. The zero-order valence-electron chi connectivity index (χ0n) is 14.2. The molecular weight excluding hydrogens is 344 g/mol. The van der Waals surface area contributed by atoms with E-state index in [-0.39, 0.29) is 0 Å². The minimum absolute atomic E-state index is 0.300. The molecule has 0 unspecified atom stereocenters. The van der Waals surface area contributed by atoms with E-state index in [1.165, 1.54) is 30.8 Å². The van der Waals surface area contributed by atoms with E-state index < -0.39 is 22.8 Å². The van der Waals surface area contributed by atoms with Gasteiger partial charge in [0.05, 0.1) is 14.9 Å². The van der Waals surface area contributed by atoms with Crippen LogP contribution in [0.15, 0.2) is 0 Å². The second-order valence-corrected chi connectivity index (χ2v) is 11.1. The fraction of sp³-hybridized carbons (Fsp3) is 0.889. The minimum Gasteiger partial charge on any atom is -0.481 e. The molecule has 136 valence electrons. The van der Waals surface area contributed by atoms with Gasteiger partial charge in [-0.05, 0) is 56.5 Å². The van der Waals surface area contributed by atoms with Crippen LogP contribution in [0.25, 0.3) is 0 Å². The lowest BCUT2D eigenvalue weighted by molar-refractivity contribution is -0.182. The molecule has 4 rings (SSSR count). The number of hydrogen-bond acceptors (Lipinski definition) is 4. The van der Waals surface area contributed by atoms with E-state index in [1.54, 1.807) is 0 Å². The lowest BCUT2D eigenvalue weighted by Gasteiger charge is -2.52. The van der Waals surface area contributed by atoms with Crippen LogP contribution < -0.4 is 0 Å². The van der Waals surface area contributed by atoms with Crippen LogP contribution in [0, 0.1) is 10.8 Å². The minimum atomic E-state index is -0.785. The zero-order valence-corrected chi connectivity index (χ0v) is 15.9. The molecule has 1 saturated heterocycles. The van der Waals surface area contributed by atoms with Crippen LogP contribution in [0.1, 0.15) is 70.6 Å². The summed E-state index contributed by atoms with van der Waals surface area (Å²) in [6.45, 7) is 0. The van der Waals surface area contributed by atoms with Crippen molar-refractivity contribution in [2.45, 2.75) is 74.7 Å². The number of aliphatic carboxylic acids is 2. The number of carboxylic acid groups (broad SMARTS) is 2. The van der Waals surface area contributed by atoms with Gasteiger partial charge in [0.15, 0.2) is 0 Å². The summed E-state index contributed by atoms with van der Waals surface area (Å²) in [5.41, 5.74) is -1.56. The third-order valence-electron chi connectivity index (χ3n) is 6.21. The summed E-state index contributed by atoms with van der Waals surface area (Å²) in [5.74, 6) is 0.885. The van der Waals surface area contributed by atoms with Crippen LogP contribution >= 0.6 is 23.5 Å². The third kappa shape index (κ3) is 3.46. The molecule has 4 nitrogen and oxygen atoms in total. The van der Waals surface area contributed by atoms with Gasteiger partial charge in [-0.1, -0.05) is 25.7 Å². The first-order valence-corrected chi connectivity index (χ1v) is 11.1. The average Bonchev–Trinajstić information content (AvgIpc) is 2.50. The Labute approximate surface area is 152 Å². The lowest BCUT2D eigenvalue weighted by atomic mass is 9.49. The topological polar surface area (TPSA) is 74.6 Å².